The lowest BCUT2D eigenvalue weighted by molar-refractivity contribution is -0.139. The largest absolute Gasteiger partial charge is 0.465 e. The van der Waals surface area contributed by atoms with Gasteiger partial charge in [0.1, 0.15) is 5.70 Å². The van der Waals surface area contributed by atoms with E-state index >= 15 is 0 Å². The van der Waals surface area contributed by atoms with Crippen LogP contribution in [0.5, 0.6) is 0 Å². The van der Waals surface area contributed by atoms with Crippen molar-refractivity contribution in [2.24, 2.45) is 0 Å². The Hall–Kier alpha value is -2.87. The minimum absolute atomic E-state index is 0.0216. The smallest absolute Gasteiger partial charge is 0.355 e. The zero-order chi connectivity index (χ0) is 20.1. The number of hydrogen-bond donors (Lipinski definition) is 0. The maximum atomic E-state index is 12.5. The number of hydrogen-bond acceptors (Lipinski definition) is 7. The van der Waals surface area contributed by atoms with Crippen LogP contribution in [0.1, 0.15) is 15.9 Å². The van der Waals surface area contributed by atoms with Gasteiger partial charge in [0.25, 0.3) is 0 Å². The number of carbonyl (C=O) groups excluding carboxylic acids is 3. The van der Waals surface area contributed by atoms with Gasteiger partial charge in [-0.2, -0.15) is 0 Å². The molecule has 0 bridgehead atoms. The molecule has 27 heavy (non-hydrogen) atoms. The number of rotatable bonds is 4. The third-order valence-electron chi connectivity index (χ3n) is 3.90. The SMILES string of the molecule is COC(=O)C1=C(C(=O)OC)N(c2cc(Br)cc(C(=O)OC)c2C)C=CC=C1. The first-order valence-electron chi connectivity index (χ1n) is 7.79. The van der Waals surface area contributed by atoms with Crippen molar-refractivity contribution < 1.29 is 28.6 Å². The van der Waals surface area contributed by atoms with Gasteiger partial charge in [0, 0.05) is 10.7 Å². The first kappa shape index (κ1) is 20.4. The Labute approximate surface area is 165 Å². The normalized spacial score (nSPS) is 13.3. The van der Waals surface area contributed by atoms with E-state index in [1.807, 2.05) is 0 Å². The molecule has 1 aromatic carbocycles. The Kier molecular flexibility index (Phi) is 6.57. The zero-order valence-corrected chi connectivity index (χ0v) is 16.8. The molecule has 7 nitrogen and oxygen atoms in total. The number of allylic oxidation sites excluding steroid dienone is 2. The summed E-state index contributed by atoms with van der Waals surface area (Å²) in [5.41, 5.74) is 1.35. The molecule has 0 atom stereocenters. The van der Waals surface area contributed by atoms with Gasteiger partial charge in [-0.25, -0.2) is 14.4 Å². The first-order chi connectivity index (χ1) is 12.8. The number of esters is 3. The van der Waals surface area contributed by atoms with Crippen LogP contribution >= 0.6 is 15.9 Å². The molecule has 0 saturated carbocycles. The monoisotopic (exact) mass is 435 g/mol. The number of ether oxygens (including phenoxy) is 3. The number of benzene rings is 1. The molecule has 0 amide bonds. The van der Waals surface area contributed by atoms with Crippen molar-refractivity contribution >= 4 is 39.5 Å². The third-order valence-corrected chi connectivity index (χ3v) is 4.36. The van der Waals surface area contributed by atoms with Gasteiger partial charge in [-0.05, 0) is 36.8 Å². The predicted molar refractivity (Wildman–Crippen MR) is 102 cm³/mol. The Morgan fingerprint density at radius 1 is 0.926 bits per heavy atom. The fraction of sp³-hybridized carbons (Fsp3) is 0.211. The van der Waals surface area contributed by atoms with Crippen molar-refractivity contribution in [1.29, 1.82) is 0 Å². The minimum Gasteiger partial charge on any atom is -0.465 e. The van der Waals surface area contributed by atoms with E-state index in [1.165, 1.54) is 32.3 Å². The summed E-state index contributed by atoms with van der Waals surface area (Å²) >= 11 is 3.36. The highest BCUT2D eigenvalue weighted by atomic mass is 79.9. The summed E-state index contributed by atoms with van der Waals surface area (Å²) in [5.74, 6) is -1.95. The van der Waals surface area contributed by atoms with E-state index in [-0.39, 0.29) is 11.3 Å². The maximum absolute atomic E-state index is 12.5. The highest BCUT2D eigenvalue weighted by Crippen LogP contribution is 2.33. The van der Waals surface area contributed by atoms with Crippen LogP contribution in [0.3, 0.4) is 0 Å². The minimum atomic E-state index is -0.731. The topological polar surface area (TPSA) is 82.1 Å². The van der Waals surface area contributed by atoms with Gasteiger partial charge in [-0.1, -0.05) is 22.0 Å². The third kappa shape index (κ3) is 4.11. The standard InChI is InChI=1S/C19H18BrNO6/c1-11-14(18(23)26-3)9-12(20)10-15(11)21-8-6-5-7-13(17(22)25-2)16(21)19(24)27-4/h5-10H,1-4H3. The molecule has 0 saturated heterocycles. The number of anilines is 1. The van der Waals surface area contributed by atoms with Crippen molar-refractivity contribution in [2.75, 3.05) is 26.2 Å². The Balaban J connectivity index is 2.78. The predicted octanol–water partition coefficient (Wildman–Crippen LogP) is 3.03. The zero-order valence-electron chi connectivity index (χ0n) is 15.2. The van der Waals surface area contributed by atoms with Crippen LogP contribution in [-0.4, -0.2) is 39.2 Å². The molecular formula is C19H18BrNO6. The molecular weight excluding hydrogens is 418 g/mol. The second-order valence-corrected chi connectivity index (χ2v) is 6.32. The lowest BCUT2D eigenvalue weighted by atomic mass is 10.0. The average Bonchev–Trinajstić information content (AvgIpc) is 2.90. The summed E-state index contributed by atoms with van der Waals surface area (Å²) in [6.07, 6.45) is 6.30. The molecule has 1 aliphatic rings. The van der Waals surface area contributed by atoms with Crippen molar-refractivity contribution in [2.45, 2.75) is 6.92 Å². The summed E-state index contributed by atoms with van der Waals surface area (Å²) < 4.78 is 15.1. The molecule has 0 radical (unpaired) electrons. The molecule has 1 heterocycles. The molecule has 0 fully saturated rings. The molecule has 0 spiro atoms. The quantitative estimate of drug-likeness (QED) is 0.530. The van der Waals surface area contributed by atoms with Crippen molar-refractivity contribution in [3.63, 3.8) is 0 Å². The molecule has 0 aliphatic carbocycles. The van der Waals surface area contributed by atoms with E-state index < -0.39 is 17.9 Å². The van der Waals surface area contributed by atoms with Crippen LogP contribution in [0.2, 0.25) is 0 Å². The van der Waals surface area contributed by atoms with Gasteiger partial charge in [-0.3, -0.25) is 0 Å². The van der Waals surface area contributed by atoms with Crippen molar-refractivity contribution in [1.82, 2.24) is 0 Å². The van der Waals surface area contributed by atoms with E-state index in [1.54, 1.807) is 37.4 Å². The summed E-state index contributed by atoms with van der Waals surface area (Å²) in [7, 11) is 3.72. The number of methoxy groups -OCH3 is 3. The van der Waals surface area contributed by atoms with E-state index in [2.05, 4.69) is 15.9 Å². The highest BCUT2D eigenvalue weighted by molar-refractivity contribution is 9.10. The molecule has 8 heteroatoms. The summed E-state index contributed by atoms with van der Waals surface area (Å²) in [4.78, 5) is 38.3. The van der Waals surface area contributed by atoms with Crippen molar-refractivity contribution in [3.8, 4) is 0 Å². The van der Waals surface area contributed by atoms with Gasteiger partial charge in [0.05, 0.1) is 38.2 Å². The van der Waals surface area contributed by atoms with E-state index in [0.29, 0.717) is 21.3 Å². The van der Waals surface area contributed by atoms with Gasteiger partial charge in [0.15, 0.2) is 0 Å². The van der Waals surface area contributed by atoms with E-state index in [0.717, 1.165) is 0 Å². The van der Waals surface area contributed by atoms with Crippen LogP contribution in [0.15, 0.2) is 52.3 Å². The van der Waals surface area contributed by atoms with E-state index in [4.69, 9.17) is 14.2 Å². The van der Waals surface area contributed by atoms with Crippen LogP contribution in [0, 0.1) is 6.92 Å². The van der Waals surface area contributed by atoms with Crippen molar-refractivity contribution in [3.05, 3.63) is 63.4 Å². The Morgan fingerprint density at radius 2 is 1.56 bits per heavy atom. The molecule has 0 unspecified atom stereocenters. The van der Waals surface area contributed by atoms with Crippen LogP contribution < -0.4 is 4.90 Å². The number of halogens is 1. The lowest BCUT2D eigenvalue weighted by Crippen LogP contribution is -2.27. The van der Waals surface area contributed by atoms with Gasteiger partial charge >= 0.3 is 17.9 Å². The molecule has 1 aromatic rings. The molecule has 142 valence electrons. The first-order valence-corrected chi connectivity index (χ1v) is 8.58. The molecule has 0 N–H and O–H groups in total. The second-order valence-electron chi connectivity index (χ2n) is 5.41. The van der Waals surface area contributed by atoms with Crippen LogP contribution in [0.4, 0.5) is 5.69 Å². The Morgan fingerprint density at radius 3 is 2.15 bits per heavy atom. The summed E-state index contributed by atoms with van der Waals surface area (Å²) in [6, 6.07) is 3.34. The molecule has 1 aliphatic heterocycles. The number of nitrogens with zero attached hydrogens (tertiary/aromatic N) is 1. The van der Waals surface area contributed by atoms with Crippen LogP contribution in [-0.2, 0) is 23.8 Å². The van der Waals surface area contributed by atoms with Gasteiger partial charge < -0.3 is 19.1 Å². The number of carbonyl (C=O) groups is 3. The Bertz CT molecular complexity index is 884. The fourth-order valence-corrected chi connectivity index (χ4v) is 3.03. The van der Waals surface area contributed by atoms with Gasteiger partial charge in [-0.15, -0.1) is 0 Å². The maximum Gasteiger partial charge on any atom is 0.355 e. The molecule has 0 aromatic heterocycles. The highest BCUT2D eigenvalue weighted by Gasteiger charge is 2.29. The second kappa shape index (κ2) is 8.68. The van der Waals surface area contributed by atoms with E-state index in [9.17, 15) is 14.4 Å². The average molecular weight is 436 g/mol. The van der Waals surface area contributed by atoms with Gasteiger partial charge in [0.2, 0.25) is 0 Å². The lowest BCUT2D eigenvalue weighted by Gasteiger charge is -2.25. The fourth-order valence-electron chi connectivity index (χ4n) is 2.59. The summed E-state index contributed by atoms with van der Waals surface area (Å²) in [6.45, 7) is 1.72. The summed E-state index contributed by atoms with van der Waals surface area (Å²) in [5, 5.41) is 0. The molecule has 2 rings (SSSR count). The van der Waals surface area contributed by atoms with Crippen LogP contribution in [0.25, 0.3) is 0 Å².